The molecular formula is C28H32N4O3. The summed E-state index contributed by atoms with van der Waals surface area (Å²) in [5.41, 5.74) is 3.33. The van der Waals surface area contributed by atoms with Gasteiger partial charge in [-0.05, 0) is 68.3 Å². The Labute approximate surface area is 206 Å². The molecule has 0 fully saturated rings. The first kappa shape index (κ1) is 25.5. The highest BCUT2D eigenvalue weighted by atomic mass is 16.2. The lowest BCUT2D eigenvalue weighted by Crippen LogP contribution is -2.32. The molecule has 3 aromatic carbocycles. The molecule has 0 aromatic heterocycles. The number of amides is 3. The Morgan fingerprint density at radius 3 is 2.11 bits per heavy atom. The fourth-order valence-corrected chi connectivity index (χ4v) is 3.38. The Hall–Kier alpha value is -4.13. The Morgan fingerprint density at radius 2 is 1.43 bits per heavy atom. The molecule has 3 aromatic rings. The van der Waals surface area contributed by atoms with Crippen LogP contribution in [0.3, 0.4) is 0 Å². The molecular weight excluding hydrogens is 440 g/mol. The molecule has 0 radical (unpaired) electrons. The zero-order chi connectivity index (χ0) is 25.2. The third kappa shape index (κ3) is 7.71. The number of carbonyl (C=O) groups is 3. The lowest BCUT2D eigenvalue weighted by atomic mass is 10.1. The van der Waals surface area contributed by atoms with Gasteiger partial charge in [0.15, 0.2) is 0 Å². The van der Waals surface area contributed by atoms with E-state index in [2.05, 4.69) is 21.3 Å². The monoisotopic (exact) mass is 472 g/mol. The maximum absolute atomic E-state index is 12.5. The number of hydrogen-bond donors (Lipinski definition) is 4. The van der Waals surface area contributed by atoms with Crippen molar-refractivity contribution in [2.24, 2.45) is 0 Å². The Kier molecular flexibility index (Phi) is 9.01. The van der Waals surface area contributed by atoms with Crippen molar-refractivity contribution >= 4 is 29.1 Å². The third-order valence-corrected chi connectivity index (χ3v) is 5.65. The van der Waals surface area contributed by atoms with Crippen LogP contribution in [0.25, 0.3) is 0 Å². The SMILES string of the molecule is CCC(C)NC(=O)c1cccc(NC(=O)CNc2ccc(C(=O)NC(C)c3ccccc3)cc2)c1. The first-order valence-electron chi connectivity index (χ1n) is 11.8. The van der Waals surface area contributed by atoms with Crippen LogP contribution in [0, 0.1) is 0 Å². The molecule has 2 atom stereocenters. The summed E-state index contributed by atoms with van der Waals surface area (Å²) in [4.78, 5) is 37.2. The molecule has 0 saturated heterocycles. The van der Waals surface area contributed by atoms with E-state index in [1.807, 2.05) is 51.1 Å². The first-order chi connectivity index (χ1) is 16.9. The van der Waals surface area contributed by atoms with Gasteiger partial charge in [0, 0.05) is 28.5 Å². The van der Waals surface area contributed by atoms with Crippen molar-refractivity contribution in [1.29, 1.82) is 0 Å². The van der Waals surface area contributed by atoms with E-state index in [4.69, 9.17) is 0 Å². The van der Waals surface area contributed by atoms with Gasteiger partial charge in [-0.2, -0.15) is 0 Å². The molecule has 0 spiro atoms. The molecule has 35 heavy (non-hydrogen) atoms. The highest BCUT2D eigenvalue weighted by Gasteiger charge is 2.12. The second-order valence-corrected chi connectivity index (χ2v) is 8.45. The molecule has 182 valence electrons. The topological polar surface area (TPSA) is 99.3 Å². The van der Waals surface area contributed by atoms with Crippen LogP contribution in [-0.4, -0.2) is 30.3 Å². The van der Waals surface area contributed by atoms with Crippen LogP contribution in [0.2, 0.25) is 0 Å². The van der Waals surface area contributed by atoms with E-state index in [1.54, 1.807) is 48.5 Å². The summed E-state index contributed by atoms with van der Waals surface area (Å²) < 4.78 is 0. The summed E-state index contributed by atoms with van der Waals surface area (Å²) in [6.07, 6.45) is 0.840. The lowest BCUT2D eigenvalue weighted by Gasteiger charge is -2.14. The Balaban J connectivity index is 1.49. The third-order valence-electron chi connectivity index (χ3n) is 5.65. The molecule has 0 aliphatic carbocycles. The van der Waals surface area contributed by atoms with Gasteiger partial charge in [0.25, 0.3) is 11.8 Å². The predicted molar refractivity (Wildman–Crippen MR) is 140 cm³/mol. The van der Waals surface area contributed by atoms with E-state index in [-0.39, 0.29) is 36.3 Å². The maximum atomic E-state index is 12.5. The minimum Gasteiger partial charge on any atom is -0.376 e. The number of rotatable bonds is 10. The average Bonchev–Trinajstić information content (AvgIpc) is 2.88. The van der Waals surface area contributed by atoms with Gasteiger partial charge < -0.3 is 21.3 Å². The normalized spacial score (nSPS) is 12.2. The van der Waals surface area contributed by atoms with Crippen molar-refractivity contribution in [3.8, 4) is 0 Å². The van der Waals surface area contributed by atoms with E-state index in [0.29, 0.717) is 16.8 Å². The van der Waals surface area contributed by atoms with Gasteiger partial charge in [0.2, 0.25) is 5.91 Å². The molecule has 4 N–H and O–H groups in total. The van der Waals surface area contributed by atoms with E-state index in [1.165, 1.54) is 0 Å². The van der Waals surface area contributed by atoms with E-state index < -0.39 is 0 Å². The molecule has 2 unspecified atom stereocenters. The van der Waals surface area contributed by atoms with Crippen molar-refractivity contribution in [3.05, 3.63) is 95.6 Å². The quantitative estimate of drug-likeness (QED) is 0.342. The zero-order valence-corrected chi connectivity index (χ0v) is 20.3. The molecule has 3 rings (SSSR count). The van der Waals surface area contributed by atoms with Crippen LogP contribution >= 0.6 is 0 Å². The smallest absolute Gasteiger partial charge is 0.251 e. The lowest BCUT2D eigenvalue weighted by molar-refractivity contribution is -0.114. The number of benzene rings is 3. The molecule has 0 aliphatic heterocycles. The molecule has 0 heterocycles. The summed E-state index contributed by atoms with van der Waals surface area (Å²) in [5.74, 6) is -0.582. The van der Waals surface area contributed by atoms with Crippen LogP contribution in [0.15, 0.2) is 78.9 Å². The molecule has 7 heteroatoms. The standard InChI is InChI=1S/C28H32N4O3/c1-4-19(2)30-28(35)23-11-8-12-25(17-23)32-26(33)18-29-24-15-13-22(14-16-24)27(34)31-20(3)21-9-6-5-7-10-21/h5-17,19-20,29H,4,18H2,1-3H3,(H,30,35)(H,31,34)(H,32,33). The van der Waals surface area contributed by atoms with Crippen LogP contribution in [0.4, 0.5) is 11.4 Å². The summed E-state index contributed by atoms with van der Waals surface area (Å²) in [6, 6.07) is 23.5. The number of anilines is 2. The highest BCUT2D eigenvalue weighted by molar-refractivity contribution is 5.98. The summed E-state index contributed by atoms with van der Waals surface area (Å²) in [6.45, 7) is 5.93. The van der Waals surface area contributed by atoms with E-state index in [0.717, 1.165) is 17.7 Å². The average molecular weight is 473 g/mol. The fraction of sp³-hybridized carbons (Fsp3) is 0.250. The second-order valence-electron chi connectivity index (χ2n) is 8.45. The molecule has 3 amide bonds. The van der Waals surface area contributed by atoms with Gasteiger partial charge in [0.1, 0.15) is 0 Å². The number of nitrogens with one attached hydrogen (secondary N) is 4. The molecule has 0 aliphatic rings. The second kappa shape index (κ2) is 12.4. The van der Waals surface area contributed by atoms with Crippen LogP contribution < -0.4 is 21.3 Å². The van der Waals surface area contributed by atoms with E-state index >= 15 is 0 Å². The van der Waals surface area contributed by atoms with Crippen molar-refractivity contribution in [2.45, 2.75) is 39.3 Å². The van der Waals surface area contributed by atoms with E-state index in [9.17, 15) is 14.4 Å². The molecule has 0 bridgehead atoms. The molecule has 7 nitrogen and oxygen atoms in total. The zero-order valence-electron chi connectivity index (χ0n) is 20.3. The summed E-state index contributed by atoms with van der Waals surface area (Å²) in [7, 11) is 0. The molecule has 0 saturated carbocycles. The van der Waals surface area contributed by atoms with Gasteiger partial charge in [0.05, 0.1) is 12.6 Å². The number of carbonyl (C=O) groups excluding carboxylic acids is 3. The predicted octanol–water partition coefficient (Wildman–Crippen LogP) is 4.76. The largest absolute Gasteiger partial charge is 0.376 e. The minimum absolute atomic E-state index is 0.0415. The summed E-state index contributed by atoms with van der Waals surface area (Å²) in [5, 5.41) is 11.7. The fourth-order valence-electron chi connectivity index (χ4n) is 3.38. The van der Waals surface area contributed by atoms with Gasteiger partial charge in [-0.15, -0.1) is 0 Å². The highest BCUT2D eigenvalue weighted by Crippen LogP contribution is 2.15. The Morgan fingerprint density at radius 1 is 0.743 bits per heavy atom. The summed E-state index contributed by atoms with van der Waals surface area (Å²) >= 11 is 0. The number of hydrogen-bond acceptors (Lipinski definition) is 4. The first-order valence-corrected chi connectivity index (χ1v) is 11.8. The van der Waals surface area contributed by atoms with Gasteiger partial charge in [-0.1, -0.05) is 43.3 Å². The minimum atomic E-state index is -0.247. The van der Waals surface area contributed by atoms with Gasteiger partial charge >= 0.3 is 0 Å². The van der Waals surface area contributed by atoms with Crippen molar-refractivity contribution in [1.82, 2.24) is 10.6 Å². The van der Waals surface area contributed by atoms with Gasteiger partial charge in [-0.3, -0.25) is 14.4 Å². The van der Waals surface area contributed by atoms with Crippen LogP contribution in [0.1, 0.15) is 59.5 Å². The maximum Gasteiger partial charge on any atom is 0.251 e. The Bertz CT molecular complexity index is 1150. The van der Waals surface area contributed by atoms with Crippen LogP contribution in [-0.2, 0) is 4.79 Å². The van der Waals surface area contributed by atoms with Crippen molar-refractivity contribution in [2.75, 3.05) is 17.2 Å². The van der Waals surface area contributed by atoms with Gasteiger partial charge in [-0.25, -0.2) is 0 Å². The van der Waals surface area contributed by atoms with Crippen molar-refractivity contribution < 1.29 is 14.4 Å². The van der Waals surface area contributed by atoms with Crippen molar-refractivity contribution in [3.63, 3.8) is 0 Å². The van der Waals surface area contributed by atoms with Crippen LogP contribution in [0.5, 0.6) is 0 Å².